The minimum atomic E-state index is -0.843. The third-order valence-corrected chi connectivity index (χ3v) is 3.09. The van der Waals surface area contributed by atoms with Gasteiger partial charge in [-0.15, -0.1) is 0 Å². The molecule has 0 fully saturated rings. The number of carboxylic acids is 1. The fourth-order valence-electron chi connectivity index (χ4n) is 2.14. The van der Waals surface area contributed by atoms with Gasteiger partial charge in [-0.1, -0.05) is 30.3 Å². The first kappa shape index (κ1) is 16.6. The number of rotatable bonds is 10. The number of nitrogens with zero attached hydrogens (tertiary/aromatic N) is 1. The normalized spacial score (nSPS) is 12.6. The molecular formula is C15H23NO4. The summed E-state index contributed by atoms with van der Waals surface area (Å²) in [7, 11) is 3.26. The van der Waals surface area contributed by atoms with Gasteiger partial charge in [0.05, 0.1) is 6.61 Å². The van der Waals surface area contributed by atoms with Gasteiger partial charge in [-0.3, -0.25) is 9.69 Å². The fraction of sp³-hybridized carbons (Fsp3) is 0.533. The Morgan fingerprint density at radius 1 is 1.15 bits per heavy atom. The number of carbonyl (C=O) groups is 1. The van der Waals surface area contributed by atoms with E-state index in [2.05, 4.69) is 0 Å². The Hall–Kier alpha value is -1.43. The van der Waals surface area contributed by atoms with Crippen molar-refractivity contribution in [3.63, 3.8) is 0 Å². The highest BCUT2D eigenvalue weighted by molar-refractivity contribution is 5.75. The van der Waals surface area contributed by atoms with Crippen molar-refractivity contribution in [2.24, 2.45) is 0 Å². The van der Waals surface area contributed by atoms with Gasteiger partial charge in [-0.05, 0) is 12.0 Å². The molecule has 0 heterocycles. The summed E-state index contributed by atoms with van der Waals surface area (Å²) in [5.74, 6) is -0.843. The molecule has 1 rings (SSSR count). The number of carboxylic acid groups (broad SMARTS) is 1. The summed E-state index contributed by atoms with van der Waals surface area (Å²) >= 11 is 0. The van der Waals surface area contributed by atoms with Crippen molar-refractivity contribution in [3.8, 4) is 0 Å². The van der Waals surface area contributed by atoms with E-state index in [1.54, 1.807) is 14.2 Å². The summed E-state index contributed by atoms with van der Waals surface area (Å²) in [6.45, 7) is 2.35. The maximum atomic E-state index is 11.6. The van der Waals surface area contributed by atoms with Crippen molar-refractivity contribution in [3.05, 3.63) is 35.9 Å². The third-order valence-electron chi connectivity index (χ3n) is 3.09. The molecular weight excluding hydrogens is 258 g/mol. The van der Waals surface area contributed by atoms with E-state index in [1.165, 1.54) is 0 Å². The molecule has 0 bridgehead atoms. The van der Waals surface area contributed by atoms with Crippen LogP contribution >= 0.6 is 0 Å². The van der Waals surface area contributed by atoms with Gasteiger partial charge < -0.3 is 14.6 Å². The summed E-state index contributed by atoms with van der Waals surface area (Å²) < 4.78 is 10.1. The van der Waals surface area contributed by atoms with Crippen LogP contribution in [0.25, 0.3) is 0 Å². The van der Waals surface area contributed by atoms with Gasteiger partial charge in [0, 0.05) is 33.9 Å². The molecule has 0 saturated heterocycles. The van der Waals surface area contributed by atoms with Gasteiger partial charge in [0.15, 0.2) is 0 Å². The average molecular weight is 281 g/mol. The van der Waals surface area contributed by atoms with Gasteiger partial charge in [-0.2, -0.15) is 0 Å². The lowest BCUT2D eigenvalue weighted by atomic mass is 10.1. The summed E-state index contributed by atoms with van der Waals surface area (Å²) in [5.41, 5.74) is 0.786. The van der Waals surface area contributed by atoms with E-state index in [0.717, 1.165) is 12.0 Å². The topological polar surface area (TPSA) is 59.0 Å². The van der Waals surface area contributed by atoms with Crippen LogP contribution in [0.4, 0.5) is 0 Å². The Morgan fingerprint density at radius 2 is 1.80 bits per heavy atom. The van der Waals surface area contributed by atoms with Gasteiger partial charge in [0.25, 0.3) is 0 Å². The average Bonchev–Trinajstić information content (AvgIpc) is 2.45. The Kier molecular flexibility index (Phi) is 7.87. The van der Waals surface area contributed by atoms with E-state index in [-0.39, 0.29) is 0 Å². The number of methoxy groups -OCH3 is 2. The van der Waals surface area contributed by atoms with Crippen molar-refractivity contribution in [2.45, 2.75) is 12.5 Å². The van der Waals surface area contributed by atoms with Gasteiger partial charge in [0.2, 0.25) is 0 Å². The predicted molar refractivity (Wildman–Crippen MR) is 76.8 cm³/mol. The summed E-state index contributed by atoms with van der Waals surface area (Å²) in [4.78, 5) is 13.5. The molecule has 1 N–H and O–H groups in total. The minimum Gasteiger partial charge on any atom is -0.480 e. The van der Waals surface area contributed by atoms with Crippen LogP contribution < -0.4 is 0 Å². The smallest absolute Gasteiger partial charge is 0.325 e. The van der Waals surface area contributed by atoms with Crippen LogP contribution in [0.3, 0.4) is 0 Å². The van der Waals surface area contributed by atoms with Gasteiger partial charge in [0.1, 0.15) is 6.04 Å². The molecule has 0 aliphatic heterocycles. The van der Waals surface area contributed by atoms with E-state index >= 15 is 0 Å². The van der Waals surface area contributed by atoms with Crippen molar-refractivity contribution in [2.75, 3.05) is 40.5 Å². The van der Waals surface area contributed by atoms with Crippen LogP contribution in [-0.2, 0) is 14.3 Å². The molecule has 0 spiro atoms. The summed E-state index contributed by atoms with van der Waals surface area (Å²) in [6, 6.07) is 8.63. The number of hydrogen-bond acceptors (Lipinski definition) is 4. The Morgan fingerprint density at radius 3 is 2.35 bits per heavy atom. The lowest BCUT2D eigenvalue weighted by Gasteiger charge is -2.28. The number of ether oxygens (including phenoxy) is 2. The first-order valence-electron chi connectivity index (χ1n) is 6.70. The van der Waals surface area contributed by atoms with Crippen LogP contribution in [0.15, 0.2) is 30.3 Å². The van der Waals surface area contributed by atoms with Crippen LogP contribution in [-0.4, -0.2) is 56.5 Å². The van der Waals surface area contributed by atoms with Crippen molar-refractivity contribution in [1.29, 1.82) is 0 Å². The second-order valence-corrected chi connectivity index (χ2v) is 4.53. The molecule has 0 amide bonds. The van der Waals surface area contributed by atoms with Gasteiger partial charge >= 0.3 is 5.97 Å². The number of aliphatic carboxylic acids is 1. The maximum absolute atomic E-state index is 11.6. The van der Waals surface area contributed by atoms with Crippen molar-refractivity contribution in [1.82, 2.24) is 4.90 Å². The Bertz CT molecular complexity index is 383. The second-order valence-electron chi connectivity index (χ2n) is 4.53. The minimum absolute atomic E-state index is 0.504. The Balaban J connectivity index is 2.83. The highest BCUT2D eigenvalue weighted by Gasteiger charge is 2.26. The molecule has 5 nitrogen and oxygen atoms in total. The molecule has 20 heavy (non-hydrogen) atoms. The molecule has 5 heteroatoms. The first-order valence-corrected chi connectivity index (χ1v) is 6.70. The van der Waals surface area contributed by atoms with Crippen LogP contribution in [0, 0.1) is 0 Å². The molecule has 1 unspecified atom stereocenters. The fourth-order valence-corrected chi connectivity index (χ4v) is 2.14. The standard InChI is InChI=1S/C15H23NO4/c1-19-11-6-9-16(10-12-20-2)14(15(17)18)13-7-4-3-5-8-13/h3-5,7-8,14H,6,9-12H2,1-2H3,(H,17,18). The van der Waals surface area contributed by atoms with Crippen LogP contribution in [0.2, 0.25) is 0 Å². The van der Waals surface area contributed by atoms with E-state index in [9.17, 15) is 9.90 Å². The van der Waals surface area contributed by atoms with E-state index in [4.69, 9.17) is 9.47 Å². The molecule has 0 aromatic heterocycles. The number of hydrogen-bond donors (Lipinski definition) is 1. The van der Waals surface area contributed by atoms with Crippen LogP contribution in [0.1, 0.15) is 18.0 Å². The molecule has 1 aromatic rings. The summed E-state index contributed by atoms with van der Waals surface area (Å²) in [5, 5.41) is 9.54. The van der Waals surface area contributed by atoms with E-state index in [0.29, 0.717) is 26.3 Å². The highest BCUT2D eigenvalue weighted by Crippen LogP contribution is 2.21. The monoisotopic (exact) mass is 281 g/mol. The molecule has 1 atom stereocenters. The molecule has 0 aliphatic carbocycles. The molecule has 1 aromatic carbocycles. The SMILES string of the molecule is COCCCN(CCOC)C(C(=O)O)c1ccccc1. The largest absolute Gasteiger partial charge is 0.480 e. The van der Waals surface area contributed by atoms with Crippen LogP contribution in [0.5, 0.6) is 0 Å². The zero-order valence-corrected chi connectivity index (χ0v) is 12.1. The van der Waals surface area contributed by atoms with E-state index in [1.807, 2.05) is 35.2 Å². The maximum Gasteiger partial charge on any atom is 0.325 e. The highest BCUT2D eigenvalue weighted by atomic mass is 16.5. The van der Waals surface area contributed by atoms with Crippen molar-refractivity contribution < 1.29 is 19.4 Å². The Labute approximate surface area is 120 Å². The van der Waals surface area contributed by atoms with Crippen molar-refractivity contribution >= 4 is 5.97 Å². The lowest BCUT2D eigenvalue weighted by Crippen LogP contribution is -2.37. The molecule has 0 radical (unpaired) electrons. The number of benzene rings is 1. The predicted octanol–water partition coefficient (Wildman–Crippen LogP) is 1.80. The zero-order valence-electron chi connectivity index (χ0n) is 12.1. The molecule has 0 saturated carbocycles. The second kappa shape index (κ2) is 9.47. The molecule has 112 valence electrons. The van der Waals surface area contributed by atoms with E-state index < -0.39 is 12.0 Å². The first-order chi connectivity index (χ1) is 9.70. The quantitative estimate of drug-likeness (QED) is 0.663. The lowest BCUT2D eigenvalue weighted by molar-refractivity contribution is -0.144. The zero-order chi connectivity index (χ0) is 14.8. The summed E-state index contributed by atoms with van der Waals surface area (Å²) in [6.07, 6.45) is 0.789. The third kappa shape index (κ3) is 5.28. The van der Waals surface area contributed by atoms with Gasteiger partial charge in [-0.25, -0.2) is 0 Å². The molecule has 0 aliphatic rings.